The van der Waals surface area contributed by atoms with E-state index >= 15 is 0 Å². The third-order valence-electron chi connectivity index (χ3n) is 2.11. The molecule has 19 heavy (non-hydrogen) atoms. The van der Waals surface area contributed by atoms with Gasteiger partial charge in [0.1, 0.15) is 11.6 Å². The van der Waals surface area contributed by atoms with Crippen LogP contribution in [-0.2, 0) is 4.79 Å². The first-order valence-corrected chi connectivity index (χ1v) is 5.22. The SMILES string of the molecule is COc1cc(F)cc(NC(=O)NCC(O)C(=O)O)c1. The minimum absolute atomic E-state index is 0.138. The van der Waals surface area contributed by atoms with Gasteiger partial charge in [0.15, 0.2) is 6.10 Å². The molecule has 104 valence electrons. The van der Waals surface area contributed by atoms with E-state index in [0.29, 0.717) is 0 Å². The van der Waals surface area contributed by atoms with Gasteiger partial charge >= 0.3 is 12.0 Å². The molecule has 0 aliphatic rings. The van der Waals surface area contributed by atoms with Crippen molar-refractivity contribution in [1.29, 1.82) is 0 Å². The highest BCUT2D eigenvalue weighted by Gasteiger charge is 2.14. The van der Waals surface area contributed by atoms with E-state index in [1.165, 1.54) is 13.2 Å². The van der Waals surface area contributed by atoms with Gasteiger partial charge in [-0.1, -0.05) is 0 Å². The second-order valence-electron chi connectivity index (χ2n) is 3.57. The topological polar surface area (TPSA) is 108 Å². The Morgan fingerprint density at radius 3 is 2.68 bits per heavy atom. The molecule has 0 fully saturated rings. The number of halogens is 1. The van der Waals surface area contributed by atoms with Crippen LogP contribution in [0.25, 0.3) is 0 Å². The Balaban J connectivity index is 2.57. The minimum atomic E-state index is -1.70. The molecule has 0 aliphatic carbocycles. The van der Waals surface area contributed by atoms with Crippen molar-refractivity contribution in [1.82, 2.24) is 5.32 Å². The maximum Gasteiger partial charge on any atom is 0.334 e. The molecule has 0 heterocycles. The molecule has 2 amide bonds. The summed E-state index contributed by atoms with van der Waals surface area (Å²) in [5.41, 5.74) is 0.138. The maximum absolute atomic E-state index is 13.1. The van der Waals surface area contributed by atoms with Crippen LogP contribution in [-0.4, -0.2) is 42.0 Å². The molecule has 0 spiro atoms. The fourth-order valence-corrected chi connectivity index (χ4v) is 1.20. The average molecular weight is 272 g/mol. The first-order chi connectivity index (χ1) is 8.92. The summed E-state index contributed by atoms with van der Waals surface area (Å²) in [5.74, 6) is -1.83. The van der Waals surface area contributed by atoms with Gasteiger partial charge in [-0.3, -0.25) is 0 Å². The zero-order valence-electron chi connectivity index (χ0n) is 10.0. The number of ether oxygens (including phenoxy) is 1. The Morgan fingerprint density at radius 1 is 1.42 bits per heavy atom. The Labute approximate surface area is 108 Å². The second kappa shape index (κ2) is 6.55. The van der Waals surface area contributed by atoms with Gasteiger partial charge in [0, 0.05) is 17.8 Å². The largest absolute Gasteiger partial charge is 0.497 e. The summed E-state index contributed by atoms with van der Waals surface area (Å²) < 4.78 is 17.9. The highest BCUT2D eigenvalue weighted by molar-refractivity contribution is 5.89. The van der Waals surface area contributed by atoms with Crippen molar-refractivity contribution in [3.63, 3.8) is 0 Å². The lowest BCUT2D eigenvalue weighted by atomic mass is 10.3. The zero-order valence-corrected chi connectivity index (χ0v) is 10.0. The van der Waals surface area contributed by atoms with E-state index in [9.17, 15) is 14.0 Å². The van der Waals surface area contributed by atoms with Gasteiger partial charge < -0.3 is 25.6 Å². The number of amides is 2. The van der Waals surface area contributed by atoms with Crippen LogP contribution in [0.3, 0.4) is 0 Å². The van der Waals surface area contributed by atoms with Crippen LogP contribution in [0.1, 0.15) is 0 Å². The van der Waals surface area contributed by atoms with E-state index in [-0.39, 0.29) is 11.4 Å². The van der Waals surface area contributed by atoms with E-state index in [1.54, 1.807) is 0 Å². The van der Waals surface area contributed by atoms with Gasteiger partial charge in [0.05, 0.1) is 13.7 Å². The number of methoxy groups -OCH3 is 1. The molecule has 4 N–H and O–H groups in total. The van der Waals surface area contributed by atoms with Gasteiger partial charge in [-0.25, -0.2) is 14.0 Å². The monoisotopic (exact) mass is 272 g/mol. The number of hydrogen-bond donors (Lipinski definition) is 4. The van der Waals surface area contributed by atoms with Crippen molar-refractivity contribution in [2.45, 2.75) is 6.10 Å². The summed E-state index contributed by atoms with van der Waals surface area (Å²) in [6.45, 7) is -0.465. The van der Waals surface area contributed by atoms with E-state index in [4.69, 9.17) is 14.9 Å². The van der Waals surface area contributed by atoms with E-state index in [0.717, 1.165) is 12.1 Å². The Bertz CT molecular complexity index is 480. The lowest BCUT2D eigenvalue weighted by Crippen LogP contribution is -2.38. The maximum atomic E-state index is 13.1. The molecule has 1 atom stereocenters. The first kappa shape index (κ1) is 14.7. The molecule has 1 unspecified atom stereocenters. The number of nitrogens with one attached hydrogen (secondary N) is 2. The minimum Gasteiger partial charge on any atom is -0.497 e. The fourth-order valence-electron chi connectivity index (χ4n) is 1.20. The van der Waals surface area contributed by atoms with Gasteiger partial charge in [0.25, 0.3) is 0 Å². The van der Waals surface area contributed by atoms with Crippen molar-refractivity contribution in [3.05, 3.63) is 24.0 Å². The molecule has 0 bridgehead atoms. The molecule has 7 nitrogen and oxygen atoms in total. The highest BCUT2D eigenvalue weighted by atomic mass is 19.1. The number of rotatable bonds is 5. The van der Waals surface area contributed by atoms with Crippen LogP contribution < -0.4 is 15.4 Å². The van der Waals surface area contributed by atoms with Crippen molar-refractivity contribution in [2.24, 2.45) is 0 Å². The molecular formula is C11H13FN2O5. The predicted molar refractivity (Wildman–Crippen MR) is 63.6 cm³/mol. The van der Waals surface area contributed by atoms with Crippen LogP contribution in [0.2, 0.25) is 0 Å². The van der Waals surface area contributed by atoms with Crippen LogP contribution in [0, 0.1) is 5.82 Å². The standard InChI is InChI=1S/C11H13FN2O5/c1-19-8-3-6(12)2-7(4-8)14-11(18)13-5-9(15)10(16)17/h2-4,9,15H,5H2,1H3,(H,16,17)(H2,13,14,18). The van der Waals surface area contributed by atoms with Gasteiger partial charge in [-0.15, -0.1) is 0 Å². The number of carbonyl (C=O) groups excluding carboxylic acids is 1. The Kier molecular flexibility index (Phi) is 5.07. The van der Waals surface area contributed by atoms with Crippen molar-refractivity contribution >= 4 is 17.7 Å². The molecule has 1 rings (SSSR count). The molecule has 0 aliphatic heterocycles. The number of anilines is 1. The summed E-state index contributed by atoms with van der Waals surface area (Å²) in [6, 6.07) is 2.82. The smallest absolute Gasteiger partial charge is 0.334 e. The number of urea groups is 1. The number of hydrogen-bond acceptors (Lipinski definition) is 4. The Morgan fingerprint density at radius 2 is 2.11 bits per heavy atom. The van der Waals surface area contributed by atoms with Gasteiger partial charge in [-0.2, -0.15) is 0 Å². The third kappa shape index (κ3) is 4.80. The van der Waals surface area contributed by atoms with Gasteiger partial charge in [0.2, 0.25) is 0 Å². The number of carboxylic acid groups (broad SMARTS) is 1. The molecule has 0 aromatic heterocycles. The van der Waals surface area contributed by atoms with E-state index < -0.39 is 30.5 Å². The molecule has 0 saturated carbocycles. The number of aliphatic hydroxyl groups excluding tert-OH is 1. The summed E-state index contributed by atoms with van der Waals surface area (Å²) in [7, 11) is 1.35. The first-order valence-electron chi connectivity index (χ1n) is 5.22. The summed E-state index contributed by atoms with van der Waals surface area (Å²) in [6.07, 6.45) is -1.70. The number of benzene rings is 1. The van der Waals surface area contributed by atoms with Crippen LogP contribution >= 0.6 is 0 Å². The van der Waals surface area contributed by atoms with Crippen LogP contribution in [0.4, 0.5) is 14.9 Å². The second-order valence-corrected chi connectivity index (χ2v) is 3.57. The van der Waals surface area contributed by atoms with Gasteiger partial charge in [-0.05, 0) is 6.07 Å². The fraction of sp³-hybridized carbons (Fsp3) is 0.273. The van der Waals surface area contributed by atoms with Crippen LogP contribution in [0.5, 0.6) is 5.75 Å². The number of carboxylic acids is 1. The number of aliphatic carboxylic acids is 1. The average Bonchev–Trinajstić information content (AvgIpc) is 2.34. The Hall–Kier alpha value is -2.35. The molecule has 1 aromatic rings. The lowest BCUT2D eigenvalue weighted by molar-refractivity contribution is -0.146. The van der Waals surface area contributed by atoms with Crippen molar-refractivity contribution in [2.75, 3.05) is 19.0 Å². The molecule has 1 aromatic carbocycles. The summed E-state index contributed by atoms with van der Waals surface area (Å²) >= 11 is 0. The highest BCUT2D eigenvalue weighted by Crippen LogP contribution is 2.19. The number of aliphatic hydroxyl groups is 1. The molecule has 0 radical (unpaired) electrons. The van der Waals surface area contributed by atoms with Crippen molar-refractivity contribution in [3.8, 4) is 5.75 Å². The lowest BCUT2D eigenvalue weighted by Gasteiger charge is -2.10. The van der Waals surface area contributed by atoms with E-state index in [1.807, 2.05) is 0 Å². The van der Waals surface area contributed by atoms with Crippen molar-refractivity contribution < 1.29 is 28.9 Å². The zero-order chi connectivity index (χ0) is 14.4. The summed E-state index contributed by atoms with van der Waals surface area (Å²) in [5, 5.41) is 21.7. The predicted octanol–water partition coefficient (Wildman–Crippen LogP) is 0.401. The molecular weight excluding hydrogens is 259 g/mol. The normalized spacial score (nSPS) is 11.5. The van der Waals surface area contributed by atoms with Crippen LogP contribution in [0.15, 0.2) is 18.2 Å². The van der Waals surface area contributed by atoms with E-state index in [2.05, 4.69) is 10.6 Å². The number of carbonyl (C=O) groups is 2. The molecule has 0 saturated heterocycles. The summed E-state index contributed by atoms with van der Waals surface area (Å²) in [4.78, 5) is 21.7. The third-order valence-corrected chi connectivity index (χ3v) is 2.11. The quantitative estimate of drug-likeness (QED) is 0.620. The molecule has 8 heteroatoms.